The standard InChI is InChI=1S/C14H20N4O3/c1-16(2)14(19)10-4-5-12(18(20)21)13(8-10)17(3)11-6-7-15-9-11/h4-5,8,11,15H,6-7,9H2,1-3H3. The van der Waals surface area contributed by atoms with Gasteiger partial charge in [0.1, 0.15) is 5.69 Å². The van der Waals surface area contributed by atoms with E-state index in [4.69, 9.17) is 0 Å². The van der Waals surface area contributed by atoms with Crippen molar-refractivity contribution in [2.75, 3.05) is 39.1 Å². The minimum atomic E-state index is -0.405. The predicted octanol–water partition coefficient (Wildman–Crippen LogP) is 1.09. The molecule has 1 saturated heterocycles. The Morgan fingerprint density at radius 2 is 2.10 bits per heavy atom. The first-order valence-electron chi connectivity index (χ1n) is 6.85. The minimum Gasteiger partial charge on any atom is -0.365 e. The van der Waals surface area contributed by atoms with Gasteiger partial charge in [0.2, 0.25) is 0 Å². The van der Waals surface area contributed by atoms with Crippen molar-refractivity contribution in [3.8, 4) is 0 Å². The molecule has 0 aromatic heterocycles. The molecular formula is C14H20N4O3. The number of nitrogens with one attached hydrogen (secondary N) is 1. The highest BCUT2D eigenvalue weighted by molar-refractivity contribution is 5.95. The number of hydrogen-bond donors (Lipinski definition) is 1. The van der Waals surface area contributed by atoms with Crippen LogP contribution in [0.3, 0.4) is 0 Å². The molecule has 0 radical (unpaired) electrons. The van der Waals surface area contributed by atoms with E-state index in [0.717, 1.165) is 19.5 Å². The zero-order valence-corrected chi connectivity index (χ0v) is 12.5. The monoisotopic (exact) mass is 292 g/mol. The molecule has 0 saturated carbocycles. The fraction of sp³-hybridized carbons (Fsp3) is 0.500. The number of likely N-dealkylation sites (N-methyl/N-ethyl adjacent to an activating group) is 1. The van der Waals surface area contributed by atoms with Gasteiger partial charge in [0.15, 0.2) is 0 Å². The summed E-state index contributed by atoms with van der Waals surface area (Å²) in [5, 5.41) is 14.5. The van der Waals surface area contributed by atoms with E-state index >= 15 is 0 Å². The molecule has 1 N–H and O–H groups in total. The maximum Gasteiger partial charge on any atom is 0.292 e. The Labute approximate surface area is 123 Å². The molecule has 1 aromatic rings. The smallest absolute Gasteiger partial charge is 0.292 e. The first kappa shape index (κ1) is 15.2. The van der Waals surface area contributed by atoms with Gasteiger partial charge in [-0.05, 0) is 25.1 Å². The van der Waals surface area contributed by atoms with Crippen molar-refractivity contribution in [1.82, 2.24) is 10.2 Å². The number of nitrogens with zero attached hydrogens (tertiary/aromatic N) is 3. The molecule has 0 bridgehead atoms. The predicted molar refractivity (Wildman–Crippen MR) is 80.8 cm³/mol. The van der Waals surface area contributed by atoms with Crippen molar-refractivity contribution >= 4 is 17.3 Å². The number of rotatable bonds is 4. The Bertz CT molecular complexity index is 553. The van der Waals surface area contributed by atoms with E-state index in [-0.39, 0.29) is 17.6 Å². The lowest BCUT2D eigenvalue weighted by atomic mass is 10.1. The summed E-state index contributed by atoms with van der Waals surface area (Å²) < 4.78 is 0. The van der Waals surface area contributed by atoms with E-state index in [1.165, 1.54) is 17.0 Å². The molecule has 21 heavy (non-hydrogen) atoms. The molecule has 1 unspecified atom stereocenters. The molecule has 1 heterocycles. The summed E-state index contributed by atoms with van der Waals surface area (Å²) in [5.74, 6) is -0.163. The van der Waals surface area contributed by atoms with Crippen LogP contribution >= 0.6 is 0 Å². The lowest BCUT2D eigenvalue weighted by Crippen LogP contribution is -2.34. The van der Waals surface area contributed by atoms with Crippen LogP contribution in [0.25, 0.3) is 0 Å². The molecule has 2 rings (SSSR count). The van der Waals surface area contributed by atoms with Crippen molar-refractivity contribution in [2.24, 2.45) is 0 Å². The van der Waals surface area contributed by atoms with Crippen molar-refractivity contribution in [2.45, 2.75) is 12.5 Å². The van der Waals surface area contributed by atoms with Gasteiger partial charge in [0.05, 0.1) is 4.92 Å². The third-order valence-electron chi connectivity index (χ3n) is 3.79. The normalized spacial score (nSPS) is 17.6. The molecule has 1 amide bonds. The molecule has 114 valence electrons. The molecule has 0 aliphatic carbocycles. The zero-order valence-electron chi connectivity index (χ0n) is 12.5. The van der Waals surface area contributed by atoms with E-state index in [1.54, 1.807) is 20.2 Å². The third-order valence-corrected chi connectivity index (χ3v) is 3.79. The SMILES string of the molecule is CN(C)C(=O)c1ccc([N+](=O)[O-])c(N(C)C2CCNC2)c1. The topological polar surface area (TPSA) is 78.7 Å². The number of nitro benzene ring substituents is 1. The number of carbonyl (C=O) groups is 1. The van der Waals surface area contributed by atoms with Gasteiger partial charge in [-0.1, -0.05) is 0 Å². The zero-order chi connectivity index (χ0) is 15.6. The molecular weight excluding hydrogens is 272 g/mol. The molecule has 1 aliphatic heterocycles. The van der Waals surface area contributed by atoms with Gasteiger partial charge in [-0.2, -0.15) is 0 Å². The summed E-state index contributed by atoms with van der Waals surface area (Å²) in [7, 11) is 5.16. The van der Waals surface area contributed by atoms with Gasteiger partial charge in [0.25, 0.3) is 11.6 Å². The highest BCUT2D eigenvalue weighted by Crippen LogP contribution is 2.31. The lowest BCUT2D eigenvalue weighted by molar-refractivity contribution is -0.384. The van der Waals surface area contributed by atoms with Crippen LogP contribution in [0.15, 0.2) is 18.2 Å². The maximum atomic E-state index is 12.0. The van der Waals surface area contributed by atoms with E-state index in [1.807, 2.05) is 11.9 Å². The molecule has 1 atom stereocenters. The quantitative estimate of drug-likeness (QED) is 0.664. The summed E-state index contributed by atoms with van der Waals surface area (Å²) in [5.41, 5.74) is 0.972. The van der Waals surface area contributed by atoms with Gasteiger partial charge < -0.3 is 15.1 Å². The lowest BCUT2D eigenvalue weighted by Gasteiger charge is -2.26. The van der Waals surface area contributed by atoms with E-state index in [2.05, 4.69) is 5.32 Å². The molecule has 7 nitrogen and oxygen atoms in total. The number of amides is 1. The van der Waals surface area contributed by atoms with Crippen LogP contribution in [0.2, 0.25) is 0 Å². The van der Waals surface area contributed by atoms with Crippen molar-refractivity contribution in [3.63, 3.8) is 0 Å². The van der Waals surface area contributed by atoms with Crippen LogP contribution < -0.4 is 10.2 Å². The van der Waals surface area contributed by atoms with Gasteiger partial charge >= 0.3 is 0 Å². The van der Waals surface area contributed by atoms with Crippen LogP contribution in [0.1, 0.15) is 16.8 Å². The molecule has 7 heteroatoms. The number of benzene rings is 1. The van der Waals surface area contributed by atoms with Gasteiger partial charge in [-0.25, -0.2) is 0 Å². The van der Waals surface area contributed by atoms with Gasteiger partial charge in [-0.3, -0.25) is 14.9 Å². The highest BCUT2D eigenvalue weighted by atomic mass is 16.6. The molecule has 1 fully saturated rings. The van der Waals surface area contributed by atoms with Crippen LogP contribution in [0, 0.1) is 10.1 Å². The fourth-order valence-corrected chi connectivity index (χ4v) is 2.52. The van der Waals surface area contributed by atoms with Crippen molar-refractivity contribution < 1.29 is 9.72 Å². The fourth-order valence-electron chi connectivity index (χ4n) is 2.52. The van der Waals surface area contributed by atoms with E-state index in [0.29, 0.717) is 11.3 Å². The van der Waals surface area contributed by atoms with E-state index < -0.39 is 4.92 Å². The Morgan fingerprint density at radius 3 is 2.62 bits per heavy atom. The van der Waals surface area contributed by atoms with E-state index in [9.17, 15) is 14.9 Å². The number of nitro groups is 1. The Balaban J connectivity index is 2.41. The molecule has 1 aliphatic rings. The first-order chi connectivity index (χ1) is 9.91. The average molecular weight is 292 g/mol. The summed E-state index contributed by atoms with van der Waals surface area (Å²) >= 11 is 0. The largest absolute Gasteiger partial charge is 0.365 e. The molecule has 1 aromatic carbocycles. The van der Waals surface area contributed by atoms with Crippen molar-refractivity contribution in [3.05, 3.63) is 33.9 Å². The van der Waals surface area contributed by atoms with Crippen LogP contribution in [-0.2, 0) is 0 Å². The Kier molecular flexibility index (Phi) is 4.42. The highest BCUT2D eigenvalue weighted by Gasteiger charge is 2.26. The summed E-state index contributed by atoms with van der Waals surface area (Å²) in [6.07, 6.45) is 0.930. The van der Waals surface area contributed by atoms with Gasteiger partial charge in [-0.15, -0.1) is 0 Å². The Morgan fingerprint density at radius 1 is 1.38 bits per heavy atom. The second-order valence-electron chi connectivity index (χ2n) is 5.42. The number of anilines is 1. The second kappa shape index (κ2) is 6.09. The minimum absolute atomic E-state index is 0.0275. The third kappa shape index (κ3) is 3.13. The molecule has 0 spiro atoms. The number of hydrogen-bond acceptors (Lipinski definition) is 5. The van der Waals surface area contributed by atoms with Crippen LogP contribution in [0.4, 0.5) is 11.4 Å². The summed E-state index contributed by atoms with van der Waals surface area (Å²) in [6, 6.07) is 4.72. The van der Waals surface area contributed by atoms with Crippen molar-refractivity contribution in [1.29, 1.82) is 0 Å². The summed E-state index contributed by atoms with van der Waals surface area (Å²) in [4.78, 5) is 26.2. The first-order valence-corrected chi connectivity index (χ1v) is 6.85. The van der Waals surface area contributed by atoms with Gasteiger partial charge in [0, 0.05) is 45.4 Å². The maximum absolute atomic E-state index is 12.0. The number of carbonyl (C=O) groups excluding carboxylic acids is 1. The van der Waals surface area contributed by atoms with Crippen LogP contribution in [0.5, 0.6) is 0 Å². The Hall–Kier alpha value is -2.15. The summed E-state index contributed by atoms with van der Waals surface area (Å²) in [6.45, 7) is 1.69. The average Bonchev–Trinajstić information content (AvgIpc) is 2.98. The van der Waals surface area contributed by atoms with Crippen LogP contribution in [-0.4, -0.2) is 56.0 Å². The second-order valence-corrected chi connectivity index (χ2v) is 5.42.